The summed E-state index contributed by atoms with van der Waals surface area (Å²) in [5, 5.41) is 10.3. The molecule has 3 rings (SSSR count). The molecule has 14 heavy (non-hydrogen) atoms. The zero-order valence-electron chi connectivity index (χ0n) is 8.58. The maximum Gasteiger partial charge on any atom is 0.344 e. The first-order valence-electron chi connectivity index (χ1n) is 5.40. The summed E-state index contributed by atoms with van der Waals surface area (Å²) in [4.78, 5) is 13.0. The number of esters is 1. The van der Waals surface area contributed by atoms with Crippen LogP contribution in [0.2, 0.25) is 0 Å². The van der Waals surface area contributed by atoms with Crippen LogP contribution in [0, 0.1) is 5.92 Å². The second-order valence-electron chi connectivity index (χ2n) is 4.35. The number of aliphatic hydroxyl groups is 1. The van der Waals surface area contributed by atoms with E-state index in [1.807, 2.05) is 0 Å². The van der Waals surface area contributed by atoms with Crippen molar-refractivity contribution in [2.45, 2.75) is 25.4 Å². The van der Waals surface area contributed by atoms with Crippen molar-refractivity contribution in [3.8, 4) is 0 Å². The quantitative estimate of drug-likeness (QED) is 0.538. The molecular weight excluding hydrogens is 182 g/mol. The van der Waals surface area contributed by atoms with Crippen LogP contribution in [-0.2, 0) is 9.53 Å². The number of fused-ring (bicyclic) bond motifs is 3. The summed E-state index contributed by atoms with van der Waals surface area (Å²) < 4.78 is 4.93. The molecule has 0 aromatic carbocycles. The number of carbonyl (C=O) groups is 1. The van der Waals surface area contributed by atoms with Crippen LogP contribution in [0.3, 0.4) is 0 Å². The number of quaternary nitrogens is 1. The number of piperidine rings is 3. The molecule has 3 aliphatic rings. The molecule has 0 aliphatic carbocycles. The largest absolute Gasteiger partial charge is 0.464 e. The lowest BCUT2D eigenvalue weighted by Crippen LogP contribution is -3.18. The van der Waals surface area contributed by atoms with Crippen molar-refractivity contribution in [2.24, 2.45) is 5.92 Å². The van der Waals surface area contributed by atoms with E-state index < -0.39 is 11.6 Å². The molecule has 0 saturated carbocycles. The first-order valence-corrected chi connectivity index (χ1v) is 5.40. The Morgan fingerprint density at radius 1 is 1.57 bits per heavy atom. The molecule has 0 aromatic heterocycles. The average molecular weight is 200 g/mol. The van der Waals surface area contributed by atoms with Gasteiger partial charge in [0.15, 0.2) is 0 Å². The second kappa shape index (κ2) is 3.51. The minimum absolute atomic E-state index is 0.124. The van der Waals surface area contributed by atoms with Crippen molar-refractivity contribution in [3.63, 3.8) is 0 Å². The summed E-state index contributed by atoms with van der Waals surface area (Å²) in [7, 11) is 0. The van der Waals surface area contributed by atoms with E-state index in [1.165, 1.54) is 4.90 Å². The first kappa shape index (κ1) is 9.93. The Kier molecular flexibility index (Phi) is 2.49. The highest BCUT2D eigenvalue weighted by molar-refractivity contribution is 5.80. The molecular formula is C10H18NO3+. The summed E-state index contributed by atoms with van der Waals surface area (Å²) in [6.45, 7) is 4.84. The molecule has 1 atom stereocenters. The molecule has 3 heterocycles. The fraction of sp³-hybridized carbons (Fsp3) is 0.900. The van der Waals surface area contributed by atoms with Crippen molar-refractivity contribution < 1.29 is 19.5 Å². The SMILES string of the molecule is CCOC(=O)[C@]1(O)C[NH+]2CCC1CC2. The van der Waals surface area contributed by atoms with Crippen LogP contribution in [0.4, 0.5) is 0 Å². The second-order valence-corrected chi connectivity index (χ2v) is 4.35. The Balaban J connectivity index is 2.11. The van der Waals surface area contributed by atoms with Gasteiger partial charge in [-0.25, -0.2) is 4.79 Å². The van der Waals surface area contributed by atoms with E-state index in [1.54, 1.807) is 6.92 Å². The molecule has 2 N–H and O–H groups in total. The van der Waals surface area contributed by atoms with Gasteiger partial charge in [0.25, 0.3) is 0 Å². The maximum atomic E-state index is 11.6. The Labute approximate surface area is 83.8 Å². The van der Waals surface area contributed by atoms with E-state index >= 15 is 0 Å². The van der Waals surface area contributed by atoms with E-state index in [-0.39, 0.29) is 5.92 Å². The highest BCUT2D eigenvalue weighted by Crippen LogP contribution is 2.29. The fourth-order valence-corrected chi connectivity index (χ4v) is 2.70. The van der Waals surface area contributed by atoms with Gasteiger partial charge in [0.1, 0.15) is 6.54 Å². The fourth-order valence-electron chi connectivity index (χ4n) is 2.70. The molecule has 3 fully saturated rings. The van der Waals surface area contributed by atoms with E-state index in [0.29, 0.717) is 13.2 Å². The third-order valence-corrected chi connectivity index (χ3v) is 3.52. The molecule has 0 unspecified atom stereocenters. The Morgan fingerprint density at radius 2 is 2.21 bits per heavy atom. The van der Waals surface area contributed by atoms with E-state index in [4.69, 9.17) is 4.74 Å². The third-order valence-electron chi connectivity index (χ3n) is 3.52. The van der Waals surface area contributed by atoms with Crippen molar-refractivity contribution >= 4 is 5.97 Å². The lowest BCUT2D eigenvalue weighted by molar-refractivity contribution is -0.923. The van der Waals surface area contributed by atoms with Gasteiger partial charge in [-0.2, -0.15) is 0 Å². The predicted molar refractivity (Wildman–Crippen MR) is 49.9 cm³/mol. The normalized spacial score (nSPS) is 41.0. The van der Waals surface area contributed by atoms with E-state index in [9.17, 15) is 9.90 Å². The number of carbonyl (C=O) groups excluding carboxylic acids is 1. The molecule has 80 valence electrons. The van der Waals surface area contributed by atoms with E-state index in [2.05, 4.69) is 0 Å². The van der Waals surface area contributed by atoms with Gasteiger partial charge in [-0.1, -0.05) is 0 Å². The number of nitrogens with one attached hydrogen (secondary N) is 1. The summed E-state index contributed by atoms with van der Waals surface area (Å²) in [5.74, 6) is -0.291. The molecule has 4 heteroatoms. The van der Waals surface area contributed by atoms with Crippen LogP contribution in [0.25, 0.3) is 0 Å². The van der Waals surface area contributed by atoms with Crippen LogP contribution in [0.15, 0.2) is 0 Å². The molecule has 4 nitrogen and oxygen atoms in total. The van der Waals surface area contributed by atoms with Gasteiger partial charge in [0.2, 0.25) is 5.60 Å². The van der Waals surface area contributed by atoms with Crippen LogP contribution in [0.1, 0.15) is 19.8 Å². The molecule has 3 saturated heterocycles. The first-order chi connectivity index (χ1) is 6.66. The lowest BCUT2D eigenvalue weighted by atomic mass is 9.75. The molecule has 0 spiro atoms. The minimum atomic E-state index is -1.19. The average Bonchev–Trinajstić information content (AvgIpc) is 2.19. The van der Waals surface area contributed by atoms with Gasteiger partial charge in [-0.3, -0.25) is 0 Å². The van der Waals surface area contributed by atoms with Gasteiger partial charge < -0.3 is 14.7 Å². The number of hydrogen-bond donors (Lipinski definition) is 2. The van der Waals surface area contributed by atoms with Crippen molar-refractivity contribution in [3.05, 3.63) is 0 Å². The van der Waals surface area contributed by atoms with E-state index in [0.717, 1.165) is 25.9 Å². The monoisotopic (exact) mass is 200 g/mol. The smallest absolute Gasteiger partial charge is 0.344 e. The molecule has 0 radical (unpaired) electrons. The number of ether oxygens (including phenoxy) is 1. The summed E-state index contributed by atoms with van der Waals surface area (Å²) in [6.07, 6.45) is 1.90. The molecule has 0 amide bonds. The topological polar surface area (TPSA) is 51.0 Å². The molecule has 2 bridgehead atoms. The Hall–Kier alpha value is -0.610. The zero-order valence-corrected chi connectivity index (χ0v) is 8.58. The van der Waals surface area contributed by atoms with Gasteiger partial charge in [0.05, 0.1) is 19.7 Å². The van der Waals surface area contributed by atoms with Crippen LogP contribution < -0.4 is 4.90 Å². The van der Waals surface area contributed by atoms with Gasteiger partial charge in [-0.05, 0) is 6.92 Å². The maximum absolute atomic E-state index is 11.6. The molecule has 0 aromatic rings. The van der Waals surface area contributed by atoms with Gasteiger partial charge in [0, 0.05) is 18.8 Å². The van der Waals surface area contributed by atoms with Crippen LogP contribution in [0.5, 0.6) is 0 Å². The summed E-state index contributed by atoms with van der Waals surface area (Å²) in [6, 6.07) is 0. The minimum Gasteiger partial charge on any atom is -0.464 e. The summed E-state index contributed by atoms with van der Waals surface area (Å²) >= 11 is 0. The van der Waals surface area contributed by atoms with Gasteiger partial charge >= 0.3 is 5.97 Å². The molecule has 3 aliphatic heterocycles. The zero-order chi connectivity index (χ0) is 10.2. The number of hydrogen-bond acceptors (Lipinski definition) is 3. The predicted octanol–water partition coefficient (Wildman–Crippen LogP) is -1.41. The Morgan fingerprint density at radius 3 is 2.64 bits per heavy atom. The highest BCUT2D eigenvalue weighted by atomic mass is 16.5. The number of rotatable bonds is 2. The third kappa shape index (κ3) is 1.42. The highest BCUT2D eigenvalue weighted by Gasteiger charge is 2.54. The van der Waals surface area contributed by atoms with Gasteiger partial charge in [-0.15, -0.1) is 0 Å². The Bertz CT molecular complexity index is 236. The lowest BCUT2D eigenvalue weighted by Gasteiger charge is -2.45. The van der Waals surface area contributed by atoms with Crippen LogP contribution in [-0.4, -0.2) is 42.9 Å². The van der Waals surface area contributed by atoms with Crippen molar-refractivity contribution in [2.75, 3.05) is 26.2 Å². The standard InChI is InChI=1S/C10H17NO3/c1-2-14-9(12)10(13)7-11-5-3-8(10)4-6-11/h8,13H,2-7H2,1H3/p+1/t10-/m0/s1. The van der Waals surface area contributed by atoms with Crippen LogP contribution >= 0.6 is 0 Å². The van der Waals surface area contributed by atoms with Crippen molar-refractivity contribution in [1.82, 2.24) is 0 Å². The summed E-state index contributed by atoms with van der Waals surface area (Å²) in [5.41, 5.74) is -1.19. The van der Waals surface area contributed by atoms with Crippen molar-refractivity contribution in [1.29, 1.82) is 0 Å².